The molecule has 0 radical (unpaired) electrons. The molecule has 1 atom stereocenters. The average Bonchev–Trinajstić information content (AvgIpc) is 3.21. The smallest absolute Gasteiger partial charge is 0.167 e. The molecule has 3 aromatic rings. The minimum atomic E-state index is -0.0303. The van der Waals surface area contributed by atoms with Crippen LogP contribution in [0, 0.1) is 0 Å². The van der Waals surface area contributed by atoms with Crippen molar-refractivity contribution in [2.75, 3.05) is 39.4 Å². The van der Waals surface area contributed by atoms with E-state index in [2.05, 4.69) is 49.8 Å². The summed E-state index contributed by atoms with van der Waals surface area (Å²) < 4.78 is 5.40. The van der Waals surface area contributed by atoms with Crippen LogP contribution in [-0.2, 0) is 4.74 Å². The van der Waals surface area contributed by atoms with Crippen molar-refractivity contribution in [3.05, 3.63) is 66.0 Å². The van der Waals surface area contributed by atoms with Gasteiger partial charge in [-0.2, -0.15) is 0 Å². The van der Waals surface area contributed by atoms with Crippen LogP contribution in [0.2, 0.25) is 0 Å². The van der Waals surface area contributed by atoms with E-state index in [1.54, 1.807) is 6.33 Å². The van der Waals surface area contributed by atoms with Gasteiger partial charge >= 0.3 is 0 Å². The number of nitrogens with one attached hydrogen (secondary N) is 3. The second-order valence-electron chi connectivity index (χ2n) is 6.88. The highest BCUT2D eigenvalue weighted by Crippen LogP contribution is 2.24. The van der Waals surface area contributed by atoms with Crippen LogP contribution in [0.15, 0.2) is 54.9 Å². The molecule has 6 nitrogen and oxygen atoms in total. The van der Waals surface area contributed by atoms with Gasteiger partial charge < -0.3 is 20.4 Å². The van der Waals surface area contributed by atoms with Crippen LogP contribution < -0.4 is 10.6 Å². The number of ether oxygens (including phenoxy) is 1. The van der Waals surface area contributed by atoms with E-state index < -0.39 is 0 Å². The SMILES string of the molecule is S=C(NCCN1CCOCC1)N[C@H](c1ccccc1)c1ccc2nc[nH]c2c1. The molecule has 28 heavy (non-hydrogen) atoms. The summed E-state index contributed by atoms with van der Waals surface area (Å²) in [5.74, 6) is 0. The van der Waals surface area contributed by atoms with Gasteiger partial charge in [0.2, 0.25) is 0 Å². The van der Waals surface area contributed by atoms with Crippen LogP contribution in [0.25, 0.3) is 11.0 Å². The van der Waals surface area contributed by atoms with Gasteiger partial charge in [0.15, 0.2) is 5.11 Å². The molecule has 0 unspecified atom stereocenters. The molecule has 146 valence electrons. The molecule has 1 aliphatic heterocycles. The first kappa shape index (κ1) is 18.9. The Bertz CT molecular complexity index is 907. The lowest BCUT2D eigenvalue weighted by molar-refractivity contribution is 0.0389. The fourth-order valence-corrected chi connectivity index (χ4v) is 3.69. The van der Waals surface area contributed by atoms with Crippen LogP contribution in [-0.4, -0.2) is 59.4 Å². The minimum Gasteiger partial charge on any atom is -0.379 e. The van der Waals surface area contributed by atoms with E-state index in [4.69, 9.17) is 17.0 Å². The normalized spacial score (nSPS) is 16.0. The van der Waals surface area contributed by atoms with Gasteiger partial charge in [-0.25, -0.2) is 4.98 Å². The zero-order valence-corrected chi connectivity index (χ0v) is 16.5. The van der Waals surface area contributed by atoms with Crippen molar-refractivity contribution < 1.29 is 4.74 Å². The first-order valence-corrected chi connectivity index (χ1v) is 10.0. The van der Waals surface area contributed by atoms with Gasteiger partial charge in [-0.15, -0.1) is 0 Å². The van der Waals surface area contributed by atoms with Crippen LogP contribution in [0.4, 0.5) is 0 Å². The Morgan fingerprint density at radius 1 is 1.14 bits per heavy atom. The highest BCUT2D eigenvalue weighted by molar-refractivity contribution is 7.80. The summed E-state index contributed by atoms with van der Waals surface area (Å²) in [6.07, 6.45) is 1.72. The van der Waals surface area contributed by atoms with Crippen LogP contribution >= 0.6 is 12.2 Å². The zero-order valence-electron chi connectivity index (χ0n) is 15.7. The van der Waals surface area contributed by atoms with E-state index in [1.165, 1.54) is 5.56 Å². The number of aromatic amines is 1. The lowest BCUT2D eigenvalue weighted by Gasteiger charge is -2.27. The van der Waals surface area contributed by atoms with Crippen molar-refractivity contribution in [3.8, 4) is 0 Å². The number of hydrogen-bond acceptors (Lipinski definition) is 4. The predicted molar refractivity (Wildman–Crippen MR) is 115 cm³/mol. The summed E-state index contributed by atoms with van der Waals surface area (Å²) in [6, 6.07) is 16.6. The molecule has 7 heteroatoms. The van der Waals surface area contributed by atoms with E-state index >= 15 is 0 Å². The number of imidazole rings is 1. The summed E-state index contributed by atoms with van der Waals surface area (Å²) in [5.41, 5.74) is 4.28. The highest BCUT2D eigenvalue weighted by atomic mass is 32.1. The number of hydrogen-bond donors (Lipinski definition) is 3. The largest absolute Gasteiger partial charge is 0.379 e. The van der Waals surface area contributed by atoms with Gasteiger partial charge in [0.05, 0.1) is 36.6 Å². The Morgan fingerprint density at radius 2 is 1.96 bits per heavy atom. The lowest BCUT2D eigenvalue weighted by atomic mass is 9.98. The first-order valence-electron chi connectivity index (χ1n) is 9.62. The van der Waals surface area contributed by atoms with Crippen molar-refractivity contribution in [1.29, 1.82) is 0 Å². The maximum Gasteiger partial charge on any atom is 0.167 e. The second-order valence-corrected chi connectivity index (χ2v) is 7.29. The monoisotopic (exact) mass is 395 g/mol. The third-order valence-corrected chi connectivity index (χ3v) is 5.27. The van der Waals surface area contributed by atoms with E-state index in [9.17, 15) is 0 Å². The van der Waals surface area contributed by atoms with Crippen molar-refractivity contribution in [3.63, 3.8) is 0 Å². The minimum absolute atomic E-state index is 0.0303. The van der Waals surface area contributed by atoms with Gasteiger partial charge in [-0.1, -0.05) is 36.4 Å². The zero-order chi connectivity index (χ0) is 19.2. The molecule has 4 rings (SSSR count). The maximum absolute atomic E-state index is 5.59. The average molecular weight is 396 g/mol. The van der Waals surface area contributed by atoms with Gasteiger partial charge in [0.25, 0.3) is 0 Å². The molecule has 0 aliphatic carbocycles. The molecule has 2 aromatic carbocycles. The number of fused-ring (bicyclic) bond motifs is 1. The van der Waals surface area contributed by atoms with E-state index in [-0.39, 0.29) is 6.04 Å². The summed E-state index contributed by atoms with van der Waals surface area (Å²) in [4.78, 5) is 9.89. The van der Waals surface area contributed by atoms with Crippen molar-refractivity contribution in [1.82, 2.24) is 25.5 Å². The topological polar surface area (TPSA) is 65.2 Å². The summed E-state index contributed by atoms with van der Waals surface area (Å²) in [5, 5.41) is 7.50. The van der Waals surface area contributed by atoms with Crippen molar-refractivity contribution in [2.24, 2.45) is 0 Å². The van der Waals surface area contributed by atoms with Gasteiger partial charge in [-0.05, 0) is 35.5 Å². The van der Waals surface area contributed by atoms with E-state index in [0.717, 1.165) is 56.0 Å². The van der Waals surface area contributed by atoms with Gasteiger partial charge in [0.1, 0.15) is 0 Å². The third-order valence-electron chi connectivity index (χ3n) is 5.00. The lowest BCUT2D eigenvalue weighted by Crippen LogP contribution is -2.44. The number of benzene rings is 2. The van der Waals surface area contributed by atoms with Gasteiger partial charge in [0, 0.05) is 26.2 Å². The van der Waals surface area contributed by atoms with E-state index in [0.29, 0.717) is 5.11 Å². The van der Waals surface area contributed by atoms with Crippen LogP contribution in [0.3, 0.4) is 0 Å². The highest BCUT2D eigenvalue weighted by Gasteiger charge is 2.16. The Kier molecular flexibility index (Phi) is 6.16. The van der Waals surface area contributed by atoms with Crippen molar-refractivity contribution in [2.45, 2.75) is 6.04 Å². The predicted octanol–water partition coefficient (Wildman–Crippen LogP) is 2.45. The van der Waals surface area contributed by atoms with Crippen LogP contribution in [0.1, 0.15) is 17.2 Å². The molecule has 0 saturated carbocycles. The Balaban J connectivity index is 1.44. The molecule has 1 aromatic heterocycles. The number of aromatic nitrogens is 2. The second kappa shape index (κ2) is 9.14. The van der Waals surface area contributed by atoms with Crippen LogP contribution in [0.5, 0.6) is 0 Å². The molecule has 1 fully saturated rings. The van der Waals surface area contributed by atoms with Gasteiger partial charge in [-0.3, -0.25) is 4.90 Å². The number of morpholine rings is 1. The van der Waals surface area contributed by atoms with E-state index in [1.807, 2.05) is 24.3 Å². The molecule has 2 heterocycles. The summed E-state index contributed by atoms with van der Waals surface area (Å²) >= 11 is 5.59. The third kappa shape index (κ3) is 4.67. The number of H-pyrrole nitrogens is 1. The first-order chi connectivity index (χ1) is 13.8. The molecule has 0 amide bonds. The molecule has 1 aliphatic rings. The molecule has 3 N–H and O–H groups in total. The Hall–Kier alpha value is -2.48. The standard InChI is InChI=1S/C21H25N5OS/c28-21(22-8-9-26-10-12-27-13-11-26)25-20(16-4-2-1-3-5-16)17-6-7-18-19(14-17)24-15-23-18/h1-7,14-15,20H,8-13H2,(H,23,24)(H2,22,25,28)/t20-/m1/s1. The maximum atomic E-state index is 5.59. The molecular weight excluding hydrogens is 370 g/mol. The Morgan fingerprint density at radius 3 is 2.79 bits per heavy atom. The number of nitrogens with zero attached hydrogens (tertiary/aromatic N) is 2. The fraction of sp³-hybridized carbons (Fsp3) is 0.333. The fourth-order valence-electron chi connectivity index (χ4n) is 3.47. The molecule has 0 bridgehead atoms. The summed E-state index contributed by atoms with van der Waals surface area (Å²) in [6.45, 7) is 5.37. The quantitative estimate of drug-likeness (QED) is 0.557. The molecular formula is C21H25N5OS. The number of rotatable bonds is 6. The van der Waals surface area contributed by atoms with Crippen molar-refractivity contribution >= 4 is 28.4 Å². The molecule has 0 spiro atoms. The molecule has 1 saturated heterocycles. The number of thiocarbonyl (C=S) groups is 1. The Labute approximate surface area is 170 Å². The summed E-state index contributed by atoms with van der Waals surface area (Å²) in [7, 11) is 0.